The van der Waals surface area contributed by atoms with E-state index in [0.29, 0.717) is 0 Å². The minimum atomic E-state index is -5.08. The summed E-state index contributed by atoms with van der Waals surface area (Å²) in [6.45, 7) is 2.88. The van der Waals surface area contributed by atoms with Crippen molar-refractivity contribution in [3.63, 3.8) is 0 Å². The Morgan fingerprint density at radius 2 is 1.91 bits per heavy atom. The SMILES string of the molecule is C#CC[C@](N[S@@](=O)c1ccc(C)cc1)(C(=O)OCC)C(F)(F)F. The number of nitrogens with one attached hydrogen (secondary N) is 1. The highest BCUT2D eigenvalue weighted by Gasteiger charge is 2.62. The van der Waals surface area contributed by atoms with Gasteiger partial charge >= 0.3 is 12.1 Å². The number of carbonyl (C=O) groups is 1. The van der Waals surface area contributed by atoms with Crippen molar-refractivity contribution < 1.29 is 26.9 Å². The van der Waals surface area contributed by atoms with Crippen LogP contribution in [0.3, 0.4) is 0 Å². The Morgan fingerprint density at radius 3 is 2.35 bits per heavy atom. The van der Waals surface area contributed by atoms with E-state index in [9.17, 15) is 22.2 Å². The molecule has 0 aliphatic rings. The van der Waals surface area contributed by atoms with Crippen molar-refractivity contribution in [2.75, 3.05) is 6.61 Å². The summed E-state index contributed by atoms with van der Waals surface area (Å²) in [6, 6.07) is 5.99. The summed E-state index contributed by atoms with van der Waals surface area (Å²) in [5.74, 6) is 0.197. The lowest BCUT2D eigenvalue weighted by atomic mass is 9.96. The van der Waals surface area contributed by atoms with E-state index < -0.39 is 35.1 Å². The summed E-state index contributed by atoms with van der Waals surface area (Å²) in [5.41, 5.74) is -2.38. The van der Waals surface area contributed by atoms with Gasteiger partial charge in [-0.25, -0.2) is 13.7 Å². The zero-order valence-electron chi connectivity index (χ0n) is 12.6. The van der Waals surface area contributed by atoms with Gasteiger partial charge in [0.2, 0.25) is 5.54 Å². The number of aryl methyl sites for hydroxylation is 1. The fourth-order valence-corrected chi connectivity index (χ4v) is 2.80. The van der Waals surface area contributed by atoms with Gasteiger partial charge in [-0.1, -0.05) is 17.7 Å². The molecule has 0 aliphatic carbocycles. The maximum atomic E-state index is 13.5. The fourth-order valence-electron chi connectivity index (χ4n) is 1.71. The van der Waals surface area contributed by atoms with Gasteiger partial charge in [0.1, 0.15) is 11.0 Å². The maximum Gasteiger partial charge on any atom is 0.419 e. The van der Waals surface area contributed by atoms with Crippen LogP contribution in [-0.2, 0) is 20.5 Å². The molecule has 0 bridgehead atoms. The summed E-state index contributed by atoms with van der Waals surface area (Å²) in [7, 11) is -2.30. The number of rotatable bonds is 6. The van der Waals surface area contributed by atoms with E-state index in [-0.39, 0.29) is 11.5 Å². The van der Waals surface area contributed by atoms with Crippen LogP contribution in [-0.4, -0.2) is 28.5 Å². The lowest BCUT2D eigenvalue weighted by Gasteiger charge is -2.32. The summed E-state index contributed by atoms with van der Waals surface area (Å²) in [4.78, 5) is 12.0. The predicted molar refractivity (Wildman–Crippen MR) is 79.6 cm³/mol. The van der Waals surface area contributed by atoms with Crippen LogP contribution in [0.15, 0.2) is 29.2 Å². The monoisotopic (exact) mass is 347 g/mol. The van der Waals surface area contributed by atoms with Crippen molar-refractivity contribution >= 4 is 17.0 Å². The minimum absolute atomic E-state index is 0.0885. The summed E-state index contributed by atoms with van der Waals surface area (Å²) < 4.78 is 59.0. The molecule has 0 fully saturated rings. The highest BCUT2D eigenvalue weighted by Crippen LogP contribution is 2.35. The molecule has 0 heterocycles. The second kappa shape index (κ2) is 7.62. The van der Waals surface area contributed by atoms with Crippen molar-refractivity contribution in [1.82, 2.24) is 4.72 Å². The van der Waals surface area contributed by atoms with Crippen LogP contribution in [0.5, 0.6) is 0 Å². The molecular formula is C15H16F3NO3S. The maximum absolute atomic E-state index is 13.5. The van der Waals surface area contributed by atoms with Crippen LogP contribution in [0, 0.1) is 19.3 Å². The van der Waals surface area contributed by atoms with Gasteiger partial charge in [0, 0.05) is 6.42 Å². The van der Waals surface area contributed by atoms with Crippen LogP contribution in [0.1, 0.15) is 18.9 Å². The average molecular weight is 347 g/mol. The molecule has 23 heavy (non-hydrogen) atoms. The number of alkyl halides is 3. The quantitative estimate of drug-likeness (QED) is 0.635. The first-order valence-corrected chi connectivity index (χ1v) is 7.76. The summed E-state index contributed by atoms with van der Waals surface area (Å²) in [5, 5.41) is 0. The Morgan fingerprint density at radius 1 is 1.35 bits per heavy atom. The molecule has 0 aromatic heterocycles. The van der Waals surface area contributed by atoms with E-state index in [2.05, 4.69) is 4.74 Å². The molecule has 4 nitrogen and oxygen atoms in total. The van der Waals surface area contributed by atoms with Gasteiger partial charge in [-0.15, -0.1) is 12.3 Å². The smallest absolute Gasteiger partial charge is 0.419 e. The van der Waals surface area contributed by atoms with E-state index in [1.807, 2.05) is 4.72 Å². The molecule has 0 spiro atoms. The molecule has 1 rings (SSSR count). The van der Waals surface area contributed by atoms with Gasteiger partial charge in [0.05, 0.1) is 11.5 Å². The average Bonchev–Trinajstić information content (AvgIpc) is 2.46. The van der Waals surface area contributed by atoms with E-state index in [4.69, 9.17) is 6.42 Å². The number of ether oxygens (including phenoxy) is 1. The van der Waals surface area contributed by atoms with Crippen molar-refractivity contribution in [2.45, 2.75) is 36.9 Å². The molecule has 0 amide bonds. The third-order valence-corrected chi connectivity index (χ3v) is 4.21. The zero-order valence-corrected chi connectivity index (χ0v) is 13.4. The van der Waals surface area contributed by atoms with Crippen LogP contribution < -0.4 is 4.72 Å². The van der Waals surface area contributed by atoms with E-state index in [0.717, 1.165) is 5.56 Å². The van der Waals surface area contributed by atoms with Crippen molar-refractivity contribution in [3.8, 4) is 12.3 Å². The molecule has 1 aromatic rings. The third kappa shape index (κ3) is 4.33. The minimum Gasteiger partial charge on any atom is -0.464 e. The van der Waals surface area contributed by atoms with Gasteiger partial charge in [-0.2, -0.15) is 13.2 Å². The number of esters is 1. The number of halogens is 3. The van der Waals surface area contributed by atoms with Gasteiger partial charge in [0.25, 0.3) is 0 Å². The van der Waals surface area contributed by atoms with Crippen LogP contribution in [0.4, 0.5) is 13.2 Å². The fraction of sp³-hybridized carbons (Fsp3) is 0.400. The Hall–Kier alpha value is -1.85. The van der Waals surface area contributed by atoms with Gasteiger partial charge in [-0.3, -0.25) is 0 Å². The molecule has 2 atom stereocenters. The summed E-state index contributed by atoms with van der Waals surface area (Å²) >= 11 is 0. The molecule has 8 heteroatoms. The van der Waals surface area contributed by atoms with E-state index in [1.54, 1.807) is 25.0 Å². The molecule has 0 saturated heterocycles. The first-order chi connectivity index (χ1) is 10.7. The molecular weight excluding hydrogens is 331 g/mol. The number of carbonyl (C=O) groups excluding carboxylic acids is 1. The highest BCUT2D eigenvalue weighted by atomic mass is 32.2. The lowest BCUT2D eigenvalue weighted by molar-refractivity contribution is -0.207. The van der Waals surface area contributed by atoms with Crippen molar-refractivity contribution in [2.24, 2.45) is 0 Å². The summed E-state index contributed by atoms with van der Waals surface area (Å²) in [6.07, 6.45) is -1.13. The second-order valence-corrected chi connectivity index (χ2v) is 5.90. The number of benzene rings is 1. The predicted octanol–water partition coefficient (Wildman–Crippen LogP) is 2.49. The molecule has 0 saturated carbocycles. The van der Waals surface area contributed by atoms with Crippen LogP contribution in [0.25, 0.3) is 0 Å². The number of terminal acetylenes is 1. The van der Waals surface area contributed by atoms with Gasteiger partial charge in [-0.05, 0) is 26.0 Å². The van der Waals surface area contributed by atoms with E-state index >= 15 is 0 Å². The van der Waals surface area contributed by atoms with Gasteiger partial charge < -0.3 is 4.74 Å². The van der Waals surface area contributed by atoms with Crippen molar-refractivity contribution in [3.05, 3.63) is 29.8 Å². The molecule has 1 N–H and O–H groups in total. The Labute approximate surface area is 135 Å². The topological polar surface area (TPSA) is 55.4 Å². The molecule has 126 valence electrons. The normalized spacial score (nSPS) is 15.3. The molecule has 0 radical (unpaired) electrons. The molecule has 0 aliphatic heterocycles. The standard InChI is InChI=1S/C15H16F3NO3S/c1-4-10-14(15(16,17)18,13(20)22-5-2)19-23(21)12-8-6-11(3)7-9-12/h1,6-9,19H,5,10H2,2-3H3/t14-,23-/m0/s1. The van der Waals surface area contributed by atoms with Crippen LogP contribution >= 0.6 is 0 Å². The first kappa shape index (κ1) is 19.2. The van der Waals surface area contributed by atoms with E-state index in [1.165, 1.54) is 19.1 Å². The Bertz CT molecular complexity index is 622. The second-order valence-electron chi connectivity index (χ2n) is 4.69. The third-order valence-electron chi connectivity index (χ3n) is 2.98. The Balaban J connectivity index is 3.23. The zero-order chi connectivity index (χ0) is 17.7. The van der Waals surface area contributed by atoms with Crippen molar-refractivity contribution in [1.29, 1.82) is 0 Å². The highest BCUT2D eigenvalue weighted by molar-refractivity contribution is 7.83. The van der Waals surface area contributed by atoms with Gasteiger partial charge in [0.15, 0.2) is 0 Å². The molecule has 0 unspecified atom stereocenters. The Kier molecular flexibility index (Phi) is 6.36. The largest absolute Gasteiger partial charge is 0.464 e. The number of hydrogen-bond donors (Lipinski definition) is 1. The van der Waals surface area contributed by atoms with Crippen LogP contribution in [0.2, 0.25) is 0 Å². The first-order valence-electron chi connectivity index (χ1n) is 6.61. The molecule has 1 aromatic carbocycles. The lowest BCUT2D eigenvalue weighted by Crippen LogP contribution is -2.63. The number of hydrogen-bond acceptors (Lipinski definition) is 3.